The van der Waals surface area contributed by atoms with Crippen LogP contribution >= 0.6 is 0 Å². The minimum absolute atomic E-state index is 0.0173. The summed E-state index contributed by atoms with van der Waals surface area (Å²) in [6.45, 7) is 9.57. The first kappa shape index (κ1) is 16.3. The first-order valence-corrected chi connectivity index (χ1v) is 7.77. The van der Waals surface area contributed by atoms with Gasteiger partial charge in [-0.05, 0) is 56.0 Å². The van der Waals surface area contributed by atoms with Crippen molar-refractivity contribution in [1.82, 2.24) is 10.6 Å². The molecule has 118 valence electrons. The summed E-state index contributed by atoms with van der Waals surface area (Å²) in [6.07, 6.45) is 12.7. The third kappa shape index (κ3) is 4.74. The predicted molar refractivity (Wildman–Crippen MR) is 89.4 cm³/mol. The van der Waals surface area contributed by atoms with E-state index in [4.69, 9.17) is 4.74 Å². The van der Waals surface area contributed by atoms with Gasteiger partial charge in [-0.3, -0.25) is 5.32 Å². The number of hydrogen-bond donors (Lipinski definition) is 2. The fraction of sp³-hybridized carbons (Fsp3) is 0.389. The number of hydrogen-bond acceptors (Lipinski definition) is 3. The number of alkyl carbamates (subject to hydrolysis) is 1. The minimum atomic E-state index is -0.423. The fourth-order valence-corrected chi connectivity index (χ4v) is 2.57. The zero-order chi connectivity index (χ0) is 15.8. The number of rotatable bonds is 5. The molecule has 2 aliphatic rings. The summed E-state index contributed by atoms with van der Waals surface area (Å²) in [6, 6.07) is 0. The van der Waals surface area contributed by atoms with Gasteiger partial charge in [-0.15, -0.1) is 0 Å². The quantitative estimate of drug-likeness (QED) is 0.765. The zero-order valence-electron chi connectivity index (χ0n) is 12.9. The van der Waals surface area contributed by atoms with Crippen molar-refractivity contribution in [3.63, 3.8) is 0 Å². The number of amides is 1. The Labute approximate surface area is 132 Å². The standard InChI is InChI=1S/C18H24N2O2/c1-3-7-17(14(2)15-8-5-4-6-9-15)20-18(21)22-16-10-12-19-13-11-16/h3-5,7-8,16,19H,1-2,6,9-13H2,(H,20,21)/b17-7+. The molecular formula is C18H24N2O2. The van der Waals surface area contributed by atoms with Crippen LogP contribution in [0.25, 0.3) is 0 Å². The highest BCUT2D eigenvalue weighted by atomic mass is 16.6. The van der Waals surface area contributed by atoms with Crippen LogP contribution in [0, 0.1) is 0 Å². The molecule has 1 saturated heterocycles. The Bertz CT molecular complexity index is 523. The van der Waals surface area contributed by atoms with Crippen LogP contribution in [0.4, 0.5) is 4.79 Å². The molecule has 0 unspecified atom stereocenters. The van der Waals surface area contributed by atoms with Gasteiger partial charge in [0.2, 0.25) is 0 Å². The Morgan fingerprint density at radius 3 is 2.82 bits per heavy atom. The van der Waals surface area contributed by atoms with E-state index in [-0.39, 0.29) is 6.10 Å². The maximum Gasteiger partial charge on any atom is 0.411 e. The summed E-state index contributed by atoms with van der Waals surface area (Å²) < 4.78 is 5.47. The lowest BCUT2D eigenvalue weighted by molar-refractivity contribution is 0.0816. The summed E-state index contributed by atoms with van der Waals surface area (Å²) in [7, 11) is 0. The molecule has 1 aliphatic heterocycles. The molecule has 0 aromatic carbocycles. The van der Waals surface area contributed by atoms with Gasteiger partial charge in [-0.2, -0.15) is 0 Å². The predicted octanol–water partition coefficient (Wildman–Crippen LogP) is 3.37. The van der Waals surface area contributed by atoms with Gasteiger partial charge in [-0.25, -0.2) is 4.79 Å². The molecule has 0 radical (unpaired) electrons. The molecule has 4 heteroatoms. The summed E-state index contributed by atoms with van der Waals surface area (Å²) in [5.74, 6) is 0. The molecule has 0 aromatic rings. The molecule has 22 heavy (non-hydrogen) atoms. The molecule has 0 spiro atoms. The maximum absolute atomic E-state index is 12.1. The van der Waals surface area contributed by atoms with Crippen molar-refractivity contribution in [2.24, 2.45) is 0 Å². The topological polar surface area (TPSA) is 50.4 Å². The van der Waals surface area contributed by atoms with Gasteiger partial charge in [0.25, 0.3) is 0 Å². The smallest absolute Gasteiger partial charge is 0.411 e. The zero-order valence-corrected chi connectivity index (χ0v) is 12.9. The van der Waals surface area contributed by atoms with Crippen molar-refractivity contribution >= 4 is 6.09 Å². The Morgan fingerprint density at radius 1 is 1.41 bits per heavy atom. The lowest BCUT2D eigenvalue weighted by Crippen LogP contribution is -2.36. The van der Waals surface area contributed by atoms with Crippen LogP contribution in [0.15, 0.2) is 60.4 Å². The Morgan fingerprint density at radius 2 is 2.18 bits per heavy atom. The van der Waals surface area contributed by atoms with Crippen molar-refractivity contribution in [3.8, 4) is 0 Å². The van der Waals surface area contributed by atoms with Crippen LogP contribution < -0.4 is 10.6 Å². The summed E-state index contributed by atoms with van der Waals surface area (Å²) >= 11 is 0. The molecule has 1 amide bonds. The molecule has 4 nitrogen and oxygen atoms in total. The van der Waals surface area contributed by atoms with Crippen LogP contribution in [0.2, 0.25) is 0 Å². The van der Waals surface area contributed by atoms with Gasteiger partial charge in [0.1, 0.15) is 6.10 Å². The molecule has 1 heterocycles. The lowest BCUT2D eigenvalue weighted by Gasteiger charge is -2.23. The fourth-order valence-electron chi connectivity index (χ4n) is 2.57. The SMILES string of the molecule is C=C/C=C(/NC(=O)OC1CCNCC1)C(=C)C1=CC=CCC1. The van der Waals surface area contributed by atoms with Crippen LogP contribution in [0.5, 0.6) is 0 Å². The number of piperidine rings is 1. The van der Waals surface area contributed by atoms with E-state index in [1.165, 1.54) is 0 Å². The van der Waals surface area contributed by atoms with E-state index in [9.17, 15) is 4.79 Å². The second-order valence-corrected chi connectivity index (χ2v) is 5.43. The highest BCUT2D eigenvalue weighted by Gasteiger charge is 2.19. The Hall–Kier alpha value is -2.07. The van der Waals surface area contributed by atoms with Crippen molar-refractivity contribution in [2.75, 3.05) is 13.1 Å². The largest absolute Gasteiger partial charge is 0.446 e. The average Bonchev–Trinajstić information content (AvgIpc) is 2.55. The van der Waals surface area contributed by atoms with Crippen LogP contribution in [-0.2, 0) is 4.74 Å². The first-order valence-electron chi connectivity index (χ1n) is 7.77. The highest BCUT2D eigenvalue weighted by molar-refractivity contribution is 5.72. The van der Waals surface area contributed by atoms with E-state index >= 15 is 0 Å². The van der Waals surface area contributed by atoms with E-state index in [1.807, 2.05) is 12.2 Å². The van der Waals surface area contributed by atoms with E-state index in [0.717, 1.165) is 49.9 Å². The molecule has 0 aromatic heterocycles. The van der Waals surface area contributed by atoms with Crippen LogP contribution in [0.1, 0.15) is 25.7 Å². The van der Waals surface area contributed by atoms with Crippen molar-refractivity contribution in [2.45, 2.75) is 31.8 Å². The van der Waals surface area contributed by atoms with Gasteiger partial charge in [0.15, 0.2) is 0 Å². The minimum Gasteiger partial charge on any atom is -0.446 e. The van der Waals surface area contributed by atoms with Gasteiger partial charge < -0.3 is 10.1 Å². The summed E-state index contributed by atoms with van der Waals surface area (Å²) in [5.41, 5.74) is 2.58. The van der Waals surface area contributed by atoms with E-state index in [2.05, 4.69) is 29.9 Å². The Balaban J connectivity index is 1.96. The molecular weight excluding hydrogens is 276 g/mol. The van der Waals surface area contributed by atoms with Crippen LogP contribution in [0.3, 0.4) is 0 Å². The third-order valence-corrected chi connectivity index (χ3v) is 3.81. The van der Waals surface area contributed by atoms with Crippen LogP contribution in [-0.4, -0.2) is 25.3 Å². The van der Waals surface area contributed by atoms with Gasteiger partial charge in [0, 0.05) is 0 Å². The molecule has 1 fully saturated rings. The van der Waals surface area contributed by atoms with Crippen molar-refractivity contribution < 1.29 is 9.53 Å². The first-order chi connectivity index (χ1) is 10.7. The van der Waals surface area contributed by atoms with E-state index in [0.29, 0.717) is 5.70 Å². The van der Waals surface area contributed by atoms with Gasteiger partial charge in [0.05, 0.1) is 5.70 Å². The molecule has 0 saturated carbocycles. The lowest BCUT2D eigenvalue weighted by atomic mass is 9.96. The summed E-state index contributed by atoms with van der Waals surface area (Å²) in [4.78, 5) is 12.1. The number of carbonyl (C=O) groups excluding carboxylic acids is 1. The molecule has 1 aliphatic carbocycles. The second-order valence-electron chi connectivity index (χ2n) is 5.43. The molecule has 2 N–H and O–H groups in total. The van der Waals surface area contributed by atoms with E-state index in [1.54, 1.807) is 12.2 Å². The maximum atomic E-state index is 12.1. The highest BCUT2D eigenvalue weighted by Crippen LogP contribution is 2.23. The van der Waals surface area contributed by atoms with E-state index < -0.39 is 6.09 Å². The average molecular weight is 300 g/mol. The Kier molecular flexibility index (Phi) is 6.22. The van der Waals surface area contributed by atoms with Crippen molar-refractivity contribution in [3.05, 3.63) is 60.4 Å². The monoisotopic (exact) mass is 300 g/mol. The van der Waals surface area contributed by atoms with Crippen molar-refractivity contribution in [1.29, 1.82) is 0 Å². The molecule has 2 rings (SSSR count). The molecule has 0 bridgehead atoms. The molecule has 0 atom stereocenters. The number of nitrogens with one attached hydrogen (secondary N) is 2. The van der Waals surface area contributed by atoms with Gasteiger partial charge in [-0.1, -0.05) is 37.5 Å². The van der Waals surface area contributed by atoms with Gasteiger partial charge >= 0.3 is 6.09 Å². The second kappa shape index (κ2) is 8.39. The normalized spacial score (nSPS) is 19.3. The summed E-state index contributed by atoms with van der Waals surface area (Å²) in [5, 5.41) is 6.05. The third-order valence-electron chi connectivity index (χ3n) is 3.81. The number of allylic oxidation sites excluding steroid dienone is 6. The number of ether oxygens (including phenoxy) is 1. The number of carbonyl (C=O) groups is 1.